The number of nitrogens with one attached hydrogen (secondary N) is 1. The van der Waals surface area contributed by atoms with E-state index in [9.17, 15) is 0 Å². The van der Waals surface area contributed by atoms with Gasteiger partial charge in [0.2, 0.25) is 0 Å². The van der Waals surface area contributed by atoms with E-state index in [0.29, 0.717) is 6.61 Å². The Balaban J connectivity index is 0.00000220. The Morgan fingerprint density at radius 1 is 1.32 bits per heavy atom. The highest BCUT2D eigenvalue weighted by Gasteiger charge is 2.21. The number of likely N-dealkylation sites (N-methyl/N-ethyl adjacent to an activating group) is 1. The molecule has 1 aliphatic rings. The second kappa shape index (κ2) is 11.8. The first-order chi connectivity index (χ1) is 9.83. The number of likely N-dealkylation sites (tertiary alicyclic amines) is 1. The van der Waals surface area contributed by atoms with Crippen molar-refractivity contribution in [3.05, 3.63) is 42.5 Å². The van der Waals surface area contributed by atoms with E-state index >= 15 is 0 Å². The maximum absolute atomic E-state index is 5.48. The van der Waals surface area contributed by atoms with Crippen molar-refractivity contribution in [3.63, 3.8) is 0 Å². The summed E-state index contributed by atoms with van der Waals surface area (Å²) in [7, 11) is 0. The van der Waals surface area contributed by atoms with E-state index in [1.165, 1.54) is 31.5 Å². The summed E-state index contributed by atoms with van der Waals surface area (Å²) in [6.45, 7) is 10.9. The molecule has 1 aromatic rings. The van der Waals surface area contributed by atoms with Crippen molar-refractivity contribution < 1.29 is 4.74 Å². The van der Waals surface area contributed by atoms with E-state index in [4.69, 9.17) is 4.74 Å². The molecule has 0 saturated carbocycles. The fraction of sp³-hybridized carbons (Fsp3) is 0.529. The molecule has 0 spiro atoms. The molecule has 1 aliphatic heterocycles. The summed E-state index contributed by atoms with van der Waals surface area (Å²) in [5.74, 6) is 0.904. The fourth-order valence-electron chi connectivity index (χ4n) is 2.78. The standard InChI is InChI=1S/C17H26N2O.2ClH/c1-3-12-20-17-9-7-15(8-10-17)13-18-14-16-6-5-11-19(16)4-2;;/h3,7-10,16,18H,1,4-6,11-14H2,2H3;2*1H. The highest BCUT2D eigenvalue weighted by Crippen LogP contribution is 2.16. The smallest absolute Gasteiger partial charge is 0.119 e. The number of ether oxygens (including phenoxy) is 1. The van der Waals surface area contributed by atoms with E-state index in [0.717, 1.165) is 24.9 Å². The van der Waals surface area contributed by atoms with Crippen LogP contribution in [0.3, 0.4) is 0 Å². The molecule has 3 nitrogen and oxygen atoms in total. The van der Waals surface area contributed by atoms with Crippen molar-refractivity contribution in [2.24, 2.45) is 0 Å². The molecule has 126 valence electrons. The molecule has 1 saturated heterocycles. The van der Waals surface area contributed by atoms with Crippen LogP contribution in [-0.4, -0.2) is 37.2 Å². The van der Waals surface area contributed by atoms with Crippen molar-refractivity contribution in [1.29, 1.82) is 0 Å². The SMILES string of the molecule is C=CCOc1ccc(CNCC2CCCN2CC)cc1.Cl.Cl. The molecule has 2 rings (SSSR count). The zero-order valence-corrected chi connectivity index (χ0v) is 14.9. The minimum Gasteiger partial charge on any atom is -0.490 e. The number of nitrogens with zero attached hydrogens (tertiary/aromatic N) is 1. The van der Waals surface area contributed by atoms with Crippen LogP contribution < -0.4 is 10.1 Å². The zero-order chi connectivity index (χ0) is 14.2. The molecule has 1 fully saturated rings. The van der Waals surface area contributed by atoms with Crippen LogP contribution in [0, 0.1) is 0 Å². The van der Waals surface area contributed by atoms with Gasteiger partial charge in [-0.2, -0.15) is 0 Å². The van der Waals surface area contributed by atoms with Crippen molar-refractivity contribution in [3.8, 4) is 5.75 Å². The summed E-state index contributed by atoms with van der Waals surface area (Å²) in [4.78, 5) is 2.57. The second-order valence-electron chi connectivity index (χ2n) is 5.30. The first-order valence-corrected chi connectivity index (χ1v) is 7.61. The Hall–Kier alpha value is -0.740. The van der Waals surface area contributed by atoms with E-state index < -0.39 is 0 Å². The third kappa shape index (κ3) is 6.57. The third-order valence-corrected chi connectivity index (χ3v) is 3.91. The highest BCUT2D eigenvalue weighted by atomic mass is 35.5. The van der Waals surface area contributed by atoms with Gasteiger partial charge < -0.3 is 10.1 Å². The third-order valence-electron chi connectivity index (χ3n) is 3.91. The molecule has 22 heavy (non-hydrogen) atoms. The van der Waals surface area contributed by atoms with E-state index in [2.05, 4.69) is 35.9 Å². The van der Waals surface area contributed by atoms with Gasteiger partial charge in [-0.25, -0.2) is 0 Å². The Morgan fingerprint density at radius 2 is 2.05 bits per heavy atom. The Kier molecular flexibility index (Phi) is 11.4. The Bertz CT molecular complexity index is 412. The quantitative estimate of drug-likeness (QED) is 0.726. The fourth-order valence-corrected chi connectivity index (χ4v) is 2.78. The van der Waals surface area contributed by atoms with Crippen LogP contribution >= 0.6 is 24.8 Å². The van der Waals surface area contributed by atoms with Crippen molar-refractivity contribution in [2.75, 3.05) is 26.2 Å². The lowest BCUT2D eigenvalue weighted by Gasteiger charge is -2.23. The molecule has 0 radical (unpaired) electrons. The lowest BCUT2D eigenvalue weighted by Crippen LogP contribution is -2.37. The molecule has 0 aromatic heterocycles. The maximum atomic E-state index is 5.48. The largest absolute Gasteiger partial charge is 0.490 e. The molecular weight excluding hydrogens is 319 g/mol. The molecule has 0 amide bonds. The molecule has 1 heterocycles. The van der Waals surface area contributed by atoms with Crippen LogP contribution in [-0.2, 0) is 6.54 Å². The minimum absolute atomic E-state index is 0. The van der Waals surface area contributed by atoms with Crippen LogP contribution in [0.25, 0.3) is 0 Å². The first-order valence-electron chi connectivity index (χ1n) is 7.61. The number of benzene rings is 1. The lowest BCUT2D eigenvalue weighted by atomic mass is 10.2. The van der Waals surface area contributed by atoms with Gasteiger partial charge >= 0.3 is 0 Å². The summed E-state index contributed by atoms with van der Waals surface area (Å²) >= 11 is 0. The van der Waals surface area contributed by atoms with Gasteiger partial charge in [0.05, 0.1) is 0 Å². The normalized spacial score (nSPS) is 17.4. The summed E-state index contributed by atoms with van der Waals surface area (Å²) in [6, 6.07) is 9.01. The van der Waals surface area contributed by atoms with Crippen molar-refractivity contribution >= 4 is 24.8 Å². The molecule has 1 atom stereocenters. The first kappa shape index (κ1) is 21.3. The second-order valence-corrected chi connectivity index (χ2v) is 5.30. The molecule has 5 heteroatoms. The van der Waals surface area contributed by atoms with Crippen LogP contribution in [0.5, 0.6) is 5.75 Å². The molecule has 0 aliphatic carbocycles. The molecule has 0 bridgehead atoms. The molecule has 1 aromatic carbocycles. The lowest BCUT2D eigenvalue weighted by molar-refractivity contribution is 0.260. The molecule has 1 unspecified atom stereocenters. The number of rotatable bonds is 8. The summed E-state index contributed by atoms with van der Waals surface area (Å²) < 4.78 is 5.48. The average Bonchev–Trinajstić information content (AvgIpc) is 2.94. The summed E-state index contributed by atoms with van der Waals surface area (Å²) in [6.07, 6.45) is 4.43. The van der Waals surface area contributed by atoms with Gasteiger partial charge in [-0.15, -0.1) is 24.8 Å². The maximum Gasteiger partial charge on any atom is 0.119 e. The van der Waals surface area contributed by atoms with Gasteiger partial charge in [0.15, 0.2) is 0 Å². The summed E-state index contributed by atoms with van der Waals surface area (Å²) in [5.41, 5.74) is 1.30. The monoisotopic (exact) mass is 346 g/mol. The van der Waals surface area contributed by atoms with Gasteiger partial charge in [-0.3, -0.25) is 4.90 Å². The summed E-state index contributed by atoms with van der Waals surface area (Å²) in [5, 5.41) is 3.57. The number of hydrogen-bond donors (Lipinski definition) is 1. The van der Waals surface area contributed by atoms with Crippen molar-refractivity contribution in [1.82, 2.24) is 10.2 Å². The number of halogens is 2. The van der Waals surface area contributed by atoms with Gasteiger partial charge in [-0.1, -0.05) is 31.7 Å². The minimum atomic E-state index is 0. The van der Waals surface area contributed by atoms with Crippen LogP contribution in [0.15, 0.2) is 36.9 Å². The van der Waals surface area contributed by atoms with Gasteiger partial charge in [0.1, 0.15) is 12.4 Å². The molecule has 1 N–H and O–H groups in total. The number of hydrogen-bond acceptors (Lipinski definition) is 3. The van der Waals surface area contributed by atoms with Gasteiger partial charge in [0.25, 0.3) is 0 Å². The van der Waals surface area contributed by atoms with Crippen LogP contribution in [0.2, 0.25) is 0 Å². The van der Waals surface area contributed by atoms with Gasteiger partial charge in [-0.05, 0) is 43.6 Å². The van der Waals surface area contributed by atoms with Crippen molar-refractivity contribution in [2.45, 2.75) is 32.4 Å². The Labute approximate surface area is 146 Å². The predicted molar refractivity (Wildman–Crippen MR) is 98.6 cm³/mol. The molecular formula is C17H28Cl2N2O. The predicted octanol–water partition coefficient (Wildman–Crippen LogP) is 3.67. The van der Waals surface area contributed by atoms with Crippen LogP contribution in [0.1, 0.15) is 25.3 Å². The topological polar surface area (TPSA) is 24.5 Å². The van der Waals surface area contributed by atoms with E-state index in [-0.39, 0.29) is 24.8 Å². The van der Waals surface area contributed by atoms with Gasteiger partial charge in [0, 0.05) is 19.1 Å². The van der Waals surface area contributed by atoms with Crippen LogP contribution in [0.4, 0.5) is 0 Å². The Morgan fingerprint density at radius 3 is 2.68 bits per heavy atom. The average molecular weight is 347 g/mol. The van der Waals surface area contributed by atoms with E-state index in [1.807, 2.05) is 12.1 Å². The zero-order valence-electron chi connectivity index (χ0n) is 13.3. The highest BCUT2D eigenvalue weighted by molar-refractivity contribution is 5.85. The van der Waals surface area contributed by atoms with E-state index in [1.54, 1.807) is 6.08 Å².